The third-order valence-corrected chi connectivity index (χ3v) is 3.09. The van der Waals surface area contributed by atoms with Crippen LogP contribution in [0, 0.1) is 0 Å². The Bertz CT molecular complexity index is 398. The van der Waals surface area contributed by atoms with Crippen molar-refractivity contribution < 1.29 is 0 Å². The first-order valence-corrected chi connectivity index (χ1v) is 6.37. The molecule has 2 heterocycles. The summed E-state index contributed by atoms with van der Waals surface area (Å²) < 4.78 is 1.46. The van der Waals surface area contributed by atoms with Crippen LogP contribution < -0.4 is 10.5 Å². The summed E-state index contributed by atoms with van der Waals surface area (Å²) in [6.07, 6.45) is 5.50. The second kappa shape index (κ2) is 5.39. The topological polar surface area (TPSA) is 38.1 Å². The molecule has 1 aromatic heterocycles. The Labute approximate surface area is 101 Å². The SMILES string of the molecule is O=c1cc(N2CCCCC2)cnn1CCS. The monoisotopic (exact) mass is 239 g/mol. The fourth-order valence-electron chi connectivity index (χ4n) is 2.01. The number of nitrogens with zero attached hydrogens (tertiary/aromatic N) is 3. The van der Waals surface area contributed by atoms with Crippen LogP contribution in [-0.2, 0) is 6.54 Å². The highest BCUT2D eigenvalue weighted by atomic mass is 32.1. The second-order valence-corrected chi connectivity index (χ2v) is 4.49. The Hall–Kier alpha value is -0.970. The van der Waals surface area contributed by atoms with Crippen LogP contribution in [0.3, 0.4) is 0 Å². The highest BCUT2D eigenvalue weighted by Crippen LogP contribution is 2.16. The third-order valence-electron chi connectivity index (χ3n) is 2.89. The van der Waals surface area contributed by atoms with Gasteiger partial charge >= 0.3 is 0 Å². The van der Waals surface area contributed by atoms with E-state index in [9.17, 15) is 4.79 Å². The number of aromatic nitrogens is 2. The fourth-order valence-corrected chi connectivity index (χ4v) is 2.20. The lowest BCUT2D eigenvalue weighted by Gasteiger charge is -2.28. The van der Waals surface area contributed by atoms with Gasteiger partial charge < -0.3 is 4.90 Å². The molecule has 1 aliphatic rings. The minimum atomic E-state index is -0.0304. The van der Waals surface area contributed by atoms with Gasteiger partial charge in [0.15, 0.2) is 0 Å². The molecule has 0 amide bonds. The Kier molecular flexibility index (Phi) is 3.88. The molecule has 0 saturated carbocycles. The maximum atomic E-state index is 11.7. The van der Waals surface area contributed by atoms with Crippen LogP contribution in [-0.4, -0.2) is 28.6 Å². The molecule has 0 radical (unpaired) electrons. The van der Waals surface area contributed by atoms with Gasteiger partial charge in [0.2, 0.25) is 0 Å². The van der Waals surface area contributed by atoms with Gasteiger partial charge in [-0.25, -0.2) is 4.68 Å². The largest absolute Gasteiger partial charge is 0.370 e. The number of thiol groups is 1. The maximum absolute atomic E-state index is 11.7. The van der Waals surface area contributed by atoms with Crippen LogP contribution in [0.5, 0.6) is 0 Å². The molecule has 0 spiro atoms. The van der Waals surface area contributed by atoms with Crippen LogP contribution in [0.1, 0.15) is 19.3 Å². The Balaban J connectivity index is 2.16. The molecule has 5 heteroatoms. The molecular formula is C11H17N3OS. The molecule has 1 fully saturated rings. The fraction of sp³-hybridized carbons (Fsp3) is 0.636. The van der Waals surface area contributed by atoms with E-state index in [0.29, 0.717) is 12.3 Å². The third kappa shape index (κ3) is 2.58. The molecule has 0 N–H and O–H groups in total. The highest BCUT2D eigenvalue weighted by molar-refractivity contribution is 7.80. The summed E-state index contributed by atoms with van der Waals surface area (Å²) in [6.45, 7) is 2.65. The summed E-state index contributed by atoms with van der Waals surface area (Å²) in [5, 5.41) is 4.16. The van der Waals surface area contributed by atoms with E-state index in [-0.39, 0.29) is 5.56 Å². The molecule has 1 aromatic rings. The summed E-state index contributed by atoms with van der Waals surface area (Å²) in [7, 11) is 0. The maximum Gasteiger partial charge on any atom is 0.268 e. The van der Waals surface area contributed by atoms with Crippen LogP contribution in [0.25, 0.3) is 0 Å². The van der Waals surface area contributed by atoms with Crippen molar-refractivity contribution in [2.24, 2.45) is 0 Å². The lowest BCUT2D eigenvalue weighted by Crippen LogP contribution is -2.32. The molecule has 1 aliphatic heterocycles. The van der Waals surface area contributed by atoms with E-state index in [0.717, 1.165) is 18.8 Å². The first kappa shape index (κ1) is 11.5. The van der Waals surface area contributed by atoms with E-state index in [1.807, 2.05) is 0 Å². The summed E-state index contributed by atoms with van der Waals surface area (Å²) in [5.41, 5.74) is 0.928. The van der Waals surface area contributed by atoms with Gasteiger partial charge in [-0.1, -0.05) is 0 Å². The highest BCUT2D eigenvalue weighted by Gasteiger charge is 2.12. The van der Waals surface area contributed by atoms with Crippen molar-refractivity contribution in [2.75, 3.05) is 23.7 Å². The molecule has 0 aliphatic carbocycles. The van der Waals surface area contributed by atoms with Crippen LogP contribution >= 0.6 is 12.6 Å². The minimum absolute atomic E-state index is 0.0304. The number of rotatable bonds is 3. The minimum Gasteiger partial charge on any atom is -0.370 e. The molecule has 0 atom stereocenters. The molecule has 2 rings (SSSR count). The summed E-state index contributed by atoms with van der Waals surface area (Å²) in [5.74, 6) is 0.635. The Morgan fingerprint density at radius 3 is 2.69 bits per heavy atom. The van der Waals surface area contributed by atoms with Crippen molar-refractivity contribution in [3.63, 3.8) is 0 Å². The summed E-state index contributed by atoms with van der Waals surface area (Å²) in [6, 6.07) is 1.68. The van der Waals surface area contributed by atoms with Crippen LogP contribution in [0.2, 0.25) is 0 Å². The predicted octanol–water partition coefficient (Wildman–Crippen LogP) is 1.16. The smallest absolute Gasteiger partial charge is 0.268 e. The Morgan fingerprint density at radius 2 is 2.06 bits per heavy atom. The number of aryl methyl sites for hydroxylation is 1. The van der Waals surface area contributed by atoms with Crippen LogP contribution in [0.4, 0.5) is 5.69 Å². The zero-order chi connectivity index (χ0) is 11.4. The van der Waals surface area contributed by atoms with Crippen molar-refractivity contribution in [1.29, 1.82) is 0 Å². The van der Waals surface area contributed by atoms with Crippen molar-refractivity contribution in [2.45, 2.75) is 25.8 Å². The molecule has 0 unspecified atom stereocenters. The van der Waals surface area contributed by atoms with E-state index in [1.54, 1.807) is 12.3 Å². The van der Waals surface area contributed by atoms with E-state index >= 15 is 0 Å². The normalized spacial score (nSPS) is 16.4. The number of hydrogen-bond acceptors (Lipinski definition) is 4. The average molecular weight is 239 g/mol. The van der Waals surface area contributed by atoms with Gasteiger partial charge in [0, 0.05) is 24.9 Å². The van der Waals surface area contributed by atoms with Crippen molar-refractivity contribution in [1.82, 2.24) is 9.78 Å². The molecule has 0 bridgehead atoms. The zero-order valence-electron chi connectivity index (χ0n) is 9.30. The van der Waals surface area contributed by atoms with Crippen LogP contribution in [0.15, 0.2) is 17.1 Å². The van der Waals surface area contributed by atoms with Crippen molar-refractivity contribution in [3.05, 3.63) is 22.6 Å². The van der Waals surface area contributed by atoms with E-state index in [2.05, 4.69) is 22.6 Å². The van der Waals surface area contributed by atoms with Gasteiger partial charge in [-0.15, -0.1) is 0 Å². The number of anilines is 1. The van der Waals surface area contributed by atoms with Gasteiger partial charge in [0.05, 0.1) is 18.4 Å². The Morgan fingerprint density at radius 1 is 1.31 bits per heavy atom. The van der Waals surface area contributed by atoms with Gasteiger partial charge in [-0.2, -0.15) is 17.7 Å². The molecule has 0 aromatic carbocycles. The first-order valence-electron chi connectivity index (χ1n) is 5.74. The lowest BCUT2D eigenvalue weighted by molar-refractivity contribution is 0.570. The van der Waals surface area contributed by atoms with Gasteiger partial charge in [0.1, 0.15) is 0 Å². The first-order chi connectivity index (χ1) is 7.81. The molecular weight excluding hydrogens is 222 g/mol. The summed E-state index contributed by atoms with van der Waals surface area (Å²) in [4.78, 5) is 14.0. The molecule has 1 saturated heterocycles. The molecule has 88 valence electrons. The van der Waals surface area contributed by atoms with E-state index in [1.165, 1.54) is 23.9 Å². The quantitative estimate of drug-likeness (QED) is 0.805. The zero-order valence-corrected chi connectivity index (χ0v) is 10.2. The van der Waals surface area contributed by atoms with Crippen molar-refractivity contribution in [3.8, 4) is 0 Å². The number of hydrogen-bond donors (Lipinski definition) is 1. The molecule has 16 heavy (non-hydrogen) atoms. The van der Waals surface area contributed by atoms with E-state index < -0.39 is 0 Å². The van der Waals surface area contributed by atoms with Gasteiger partial charge in [0.25, 0.3) is 5.56 Å². The predicted molar refractivity (Wildman–Crippen MR) is 68.4 cm³/mol. The standard InChI is InChI=1S/C11H17N3OS/c15-11-8-10(9-12-14(11)6-7-16)13-4-2-1-3-5-13/h8-9,16H,1-7H2. The molecule has 4 nitrogen and oxygen atoms in total. The second-order valence-electron chi connectivity index (χ2n) is 4.05. The van der Waals surface area contributed by atoms with Crippen molar-refractivity contribution >= 4 is 18.3 Å². The van der Waals surface area contributed by atoms with Gasteiger partial charge in [-0.05, 0) is 19.3 Å². The van der Waals surface area contributed by atoms with Gasteiger partial charge in [-0.3, -0.25) is 4.79 Å². The summed E-state index contributed by atoms with van der Waals surface area (Å²) >= 11 is 4.10. The van der Waals surface area contributed by atoms with E-state index in [4.69, 9.17) is 0 Å². The average Bonchev–Trinajstić information content (AvgIpc) is 2.33. The lowest BCUT2D eigenvalue weighted by atomic mass is 10.1. The number of piperidine rings is 1.